The van der Waals surface area contributed by atoms with Gasteiger partial charge in [-0.2, -0.15) is 5.10 Å². The normalized spacial score (nSPS) is 10.9. The first-order valence-electron chi connectivity index (χ1n) is 7.72. The van der Waals surface area contributed by atoms with Gasteiger partial charge in [-0.3, -0.25) is 4.68 Å². The van der Waals surface area contributed by atoms with Gasteiger partial charge in [-0.1, -0.05) is 19.1 Å². The van der Waals surface area contributed by atoms with Gasteiger partial charge < -0.3 is 10.1 Å². The molecule has 3 aromatic rings. The lowest BCUT2D eigenvalue weighted by molar-refractivity contribution is 0.0697. The van der Waals surface area contributed by atoms with Gasteiger partial charge in [0.15, 0.2) is 0 Å². The molecule has 0 fully saturated rings. The highest BCUT2D eigenvalue weighted by atomic mass is 16.4. The third-order valence-corrected chi connectivity index (χ3v) is 3.93. The van der Waals surface area contributed by atoms with E-state index in [0.29, 0.717) is 0 Å². The van der Waals surface area contributed by atoms with Gasteiger partial charge >= 0.3 is 5.97 Å². The average molecular weight is 309 g/mol. The van der Waals surface area contributed by atoms with E-state index in [2.05, 4.69) is 30.0 Å². The maximum atomic E-state index is 10.9. The number of carboxylic acid groups (broad SMARTS) is 1. The first-order valence-corrected chi connectivity index (χ1v) is 7.72. The summed E-state index contributed by atoms with van der Waals surface area (Å²) in [4.78, 5) is 14.3. The number of aryl methyl sites for hydroxylation is 2. The predicted molar refractivity (Wildman–Crippen MR) is 89.5 cm³/mol. The summed E-state index contributed by atoms with van der Waals surface area (Å²) in [5, 5.41) is 13.6. The molecule has 23 heavy (non-hydrogen) atoms. The predicted octanol–water partition coefficient (Wildman–Crippen LogP) is 3.83. The lowest BCUT2D eigenvalue weighted by atomic mass is 10.1. The van der Waals surface area contributed by atoms with E-state index in [1.165, 1.54) is 5.69 Å². The molecule has 0 bridgehead atoms. The molecule has 118 valence electrons. The van der Waals surface area contributed by atoms with Crippen molar-refractivity contribution in [3.05, 3.63) is 53.7 Å². The first-order chi connectivity index (χ1) is 11.1. The number of nitrogens with zero attached hydrogens (tertiary/aromatic N) is 2. The van der Waals surface area contributed by atoms with Crippen LogP contribution in [0, 0.1) is 0 Å². The minimum absolute atomic E-state index is 0.287. The number of carbonyl (C=O) groups is 1. The second kappa shape index (κ2) is 6.12. The summed E-state index contributed by atoms with van der Waals surface area (Å²) in [6, 6.07) is 12.9. The number of aromatic amines is 1. The summed E-state index contributed by atoms with van der Waals surface area (Å²) in [6.07, 6.45) is 0.949. The molecule has 0 atom stereocenters. The summed E-state index contributed by atoms with van der Waals surface area (Å²) >= 11 is 0. The van der Waals surface area contributed by atoms with Crippen molar-refractivity contribution in [2.24, 2.45) is 0 Å². The van der Waals surface area contributed by atoms with E-state index in [-0.39, 0.29) is 5.56 Å². The van der Waals surface area contributed by atoms with Crippen molar-refractivity contribution in [2.75, 3.05) is 0 Å². The van der Waals surface area contributed by atoms with Crippen molar-refractivity contribution in [1.29, 1.82) is 0 Å². The molecule has 2 aromatic heterocycles. The molecule has 0 radical (unpaired) electrons. The number of hydrogen-bond donors (Lipinski definition) is 2. The second-order valence-corrected chi connectivity index (χ2v) is 5.36. The van der Waals surface area contributed by atoms with Crippen LogP contribution in [0.2, 0.25) is 0 Å². The number of nitrogens with one attached hydrogen (secondary N) is 1. The maximum Gasteiger partial charge on any atom is 0.335 e. The molecule has 1 aromatic carbocycles. The van der Waals surface area contributed by atoms with Gasteiger partial charge in [0.25, 0.3) is 0 Å². The molecule has 0 saturated carbocycles. The Morgan fingerprint density at radius 3 is 2.39 bits per heavy atom. The molecule has 0 aliphatic heterocycles. The van der Waals surface area contributed by atoms with E-state index in [1.807, 2.05) is 16.8 Å². The zero-order chi connectivity index (χ0) is 16.4. The van der Waals surface area contributed by atoms with Crippen molar-refractivity contribution in [1.82, 2.24) is 14.8 Å². The Morgan fingerprint density at radius 1 is 1.13 bits per heavy atom. The van der Waals surface area contributed by atoms with Gasteiger partial charge in [0.05, 0.1) is 11.3 Å². The number of rotatable bonds is 5. The van der Waals surface area contributed by atoms with E-state index in [0.717, 1.165) is 35.6 Å². The summed E-state index contributed by atoms with van der Waals surface area (Å²) in [5.74, 6) is -0.916. The van der Waals surface area contributed by atoms with E-state index < -0.39 is 5.97 Å². The van der Waals surface area contributed by atoms with E-state index in [4.69, 9.17) is 5.11 Å². The van der Waals surface area contributed by atoms with Gasteiger partial charge in [0, 0.05) is 17.9 Å². The molecule has 5 heteroatoms. The van der Waals surface area contributed by atoms with Crippen LogP contribution in [0.1, 0.15) is 29.9 Å². The Labute approximate surface area is 134 Å². The monoisotopic (exact) mass is 309 g/mol. The van der Waals surface area contributed by atoms with Crippen molar-refractivity contribution < 1.29 is 9.90 Å². The van der Waals surface area contributed by atoms with Gasteiger partial charge in [-0.15, -0.1) is 0 Å². The lowest BCUT2D eigenvalue weighted by Crippen LogP contribution is -2.00. The van der Waals surface area contributed by atoms with Crippen LogP contribution in [0.15, 0.2) is 42.5 Å². The van der Waals surface area contributed by atoms with E-state index in [9.17, 15) is 4.79 Å². The minimum atomic E-state index is -0.916. The van der Waals surface area contributed by atoms with Crippen LogP contribution in [-0.2, 0) is 13.0 Å². The maximum absolute atomic E-state index is 10.9. The van der Waals surface area contributed by atoms with Crippen LogP contribution in [-0.4, -0.2) is 25.8 Å². The topological polar surface area (TPSA) is 70.9 Å². The molecular formula is C18H19N3O2. The SMILES string of the molecule is CCc1cc(-c2ccc(-c3ccc(C(=O)O)cc3)[nH]2)nn1CC. The lowest BCUT2D eigenvalue weighted by Gasteiger charge is -2.00. The molecule has 0 amide bonds. The Hall–Kier alpha value is -2.82. The highest BCUT2D eigenvalue weighted by molar-refractivity contribution is 5.88. The summed E-state index contributed by atoms with van der Waals surface area (Å²) in [7, 11) is 0. The first kappa shape index (κ1) is 15.1. The second-order valence-electron chi connectivity index (χ2n) is 5.36. The molecule has 0 spiro atoms. The standard InChI is InChI=1S/C18H19N3O2/c1-3-14-11-17(20-21(14)4-2)16-10-9-15(19-16)12-5-7-13(8-6-12)18(22)23/h5-11,19H,3-4H2,1-2H3,(H,22,23). The average Bonchev–Trinajstić information content (AvgIpc) is 3.21. The molecule has 0 saturated heterocycles. The number of benzene rings is 1. The van der Waals surface area contributed by atoms with Crippen molar-refractivity contribution in [2.45, 2.75) is 26.8 Å². The fourth-order valence-electron chi connectivity index (χ4n) is 2.65. The summed E-state index contributed by atoms with van der Waals surface area (Å²) < 4.78 is 2.01. The zero-order valence-corrected chi connectivity index (χ0v) is 13.2. The number of aromatic carboxylic acids is 1. The van der Waals surface area contributed by atoms with Crippen LogP contribution in [0.4, 0.5) is 0 Å². The molecule has 2 heterocycles. The quantitative estimate of drug-likeness (QED) is 0.752. The Morgan fingerprint density at radius 2 is 1.83 bits per heavy atom. The molecule has 2 N–H and O–H groups in total. The number of H-pyrrole nitrogens is 1. The third kappa shape index (κ3) is 2.90. The van der Waals surface area contributed by atoms with Crippen LogP contribution in [0.25, 0.3) is 22.6 Å². The molecular weight excluding hydrogens is 290 g/mol. The van der Waals surface area contributed by atoms with Crippen LogP contribution in [0.5, 0.6) is 0 Å². The van der Waals surface area contributed by atoms with Crippen molar-refractivity contribution in [3.8, 4) is 22.6 Å². The number of carboxylic acids is 1. The Balaban J connectivity index is 1.91. The molecule has 0 aliphatic rings. The largest absolute Gasteiger partial charge is 0.478 e. The van der Waals surface area contributed by atoms with E-state index in [1.54, 1.807) is 24.3 Å². The van der Waals surface area contributed by atoms with Crippen molar-refractivity contribution in [3.63, 3.8) is 0 Å². The smallest absolute Gasteiger partial charge is 0.335 e. The fourth-order valence-corrected chi connectivity index (χ4v) is 2.65. The van der Waals surface area contributed by atoms with Gasteiger partial charge in [-0.25, -0.2) is 4.79 Å². The fraction of sp³-hybridized carbons (Fsp3) is 0.222. The highest BCUT2D eigenvalue weighted by Gasteiger charge is 2.10. The van der Waals surface area contributed by atoms with Crippen molar-refractivity contribution >= 4 is 5.97 Å². The van der Waals surface area contributed by atoms with E-state index >= 15 is 0 Å². The summed E-state index contributed by atoms with van der Waals surface area (Å²) in [5.41, 5.74) is 5.29. The zero-order valence-electron chi connectivity index (χ0n) is 13.2. The van der Waals surface area contributed by atoms with Gasteiger partial charge in [0.1, 0.15) is 5.69 Å². The van der Waals surface area contributed by atoms with Gasteiger partial charge in [0.2, 0.25) is 0 Å². The highest BCUT2D eigenvalue weighted by Crippen LogP contribution is 2.25. The minimum Gasteiger partial charge on any atom is -0.478 e. The van der Waals surface area contributed by atoms with Gasteiger partial charge in [-0.05, 0) is 49.2 Å². The molecule has 3 rings (SSSR count). The number of hydrogen-bond acceptors (Lipinski definition) is 2. The molecule has 5 nitrogen and oxygen atoms in total. The third-order valence-electron chi connectivity index (χ3n) is 3.93. The summed E-state index contributed by atoms with van der Waals surface area (Å²) in [6.45, 7) is 5.06. The molecule has 0 aliphatic carbocycles. The molecule has 0 unspecified atom stereocenters. The Kier molecular flexibility index (Phi) is 4.02. The van der Waals surface area contributed by atoms with Crippen LogP contribution in [0.3, 0.4) is 0 Å². The van der Waals surface area contributed by atoms with Crippen LogP contribution >= 0.6 is 0 Å². The van der Waals surface area contributed by atoms with Crippen LogP contribution < -0.4 is 0 Å². The Bertz CT molecular complexity index is 807. The number of aromatic nitrogens is 3.